The second-order valence-electron chi connectivity index (χ2n) is 14.2. The Kier molecular flexibility index (Phi) is 9.23. The monoisotopic (exact) mass is 631 g/mol. The number of rotatable bonds is 11. The molecular weight excluding hydrogens is 584 g/mol. The molecule has 3 heterocycles. The third-order valence-corrected chi connectivity index (χ3v) is 11.2. The van der Waals surface area contributed by atoms with Gasteiger partial charge in [-0.2, -0.15) is 0 Å². The average Bonchev–Trinajstić information content (AvgIpc) is 3.53. The number of nitrogens with zero attached hydrogens (tertiary/aromatic N) is 4. The summed E-state index contributed by atoms with van der Waals surface area (Å²) in [6.45, 7) is 3.65. The number of nitrogens with one attached hydrogen (secondary N) is 1. The van der Waals surface area contributed by atoms with Gasteiger partial charge in [0.2, 0.25) is 11.8 Å². The lowest BCUT2D eigenvalue weighted by atomic mass is 9.81. The maximum Gasteiger partial charge on any atom is 0.248 e. The summed E-state index contributed by atoms with van der Waals surface area (Å²) in [6.07, 6.45) is 7.72. The van der Waals surface area contributed by atoms with Gasteiger partial charge in [-0.1, -0.05) is 60.7 Å². The predicted octanol–water partition coefficient (Wildman–Crippen LogP) is 7.29. The van der Waals surface area contributed by atoms with Crippen molar-refractivity contribution in [1.82, 2.24) is 25.0 Å². The molecule has 9 heteroatoms. The van der Waals surface area contributed by atoms with E-state index in [-0.39, 0.29) is 49.7 Å². The molecule has 1 N–H and O–H groups in total. The fraction of sp³-hybridized carbons (Fsp3) is 0.595. The number of carbonyl (C=O) groups is 1. The number of carbonyl (C=O) groups excluding carboxylic acids is 1. The van der Waals surface area contributed by atoms with Crippen molar-refractivity contribution in [3.05, 3.63) is 83.4 Å². The van der Waals surface area contributed by atoms with E-state index in [1.54, 1.807) is 0 Å². The number of ether oxygens (including phenoxy) is 1. The Hall–Kier alpha value is -3.17. The average molecular weight is 632 g/mol. The van der Waals surface area contributed by atoms with Crippen molar-refractivity contribution in [3.63, 3.8) is 0 Å². The first-order valence-corrected chi connectivity index (χ1v) is 17.4. The highest BCUT2D eigenvalue weighted by molar-refractivity contribution is 5.79. The summed E-state index contributed by atoms with van der Waals surface area (Å²) in [4.78, 5) is 15.9. The molecule has 2 aliphatic heterocycles. The number of alkyl halides is 2. The molecule has 0 radical (unpaired) electrons. The molecular formula is C37H47F2N5O2. The van der Waals surface area contributed by atoms with E-state index in [0.29, 0.717) is 30.7 Å². The lowest BCUT2D eigenvalue weighted by Crippen LogP contribution is -2.45. The fourth-order valence-electron chi connectivity index (χ4n) is 8.52. The van der Waals surface area contributed by atoms with E-state index in [9.17, 15) is 13.6 Å². The minimum Gasteiger partial charge on any atom is -0.373 e. The second-order valence-corrected chi connectivity index (χ2v) is 14.2. The molecule has 1 amide bonds. The quantitative estimate of drug-likeness (QED) is 0.241. The van der Waals surface area contributed by atoms with Crippen LogP contribution >= 0.6 is 0 Å². The smallest absolute Gasteiger partial charge is 0.248 e. The summed E-state index contributed by atoms with van der Waals surface area (Å²) >= 11 is 0. The van der Waals surface area contributed by atoms with Crippen LogP contribution in [0.2, 0.25) is 0 Å². The van der Waals surface area contributed by atoms with Gasteiger partial charge in [-0.3, -0.25) is 9.69 Å². The molecule has 46 heavy (non-hydrogen) atoms. The van der Waals surface area contributed by atoms with Gasteiger partial charge in [0.05, 0.1) is 18.8 Å². The molecule has 4 aliphatic rings. The van der Waals surface area contributed by atoms with Gasteiger partial charge in [0, 0.05) is 49.3 Å². The van der Waals surface area contributed by atoms with Crippen molar-refractivity contribution >= 4 is 5.91 Å². The number of hydrogen-bond acceptors (Lipinski definition) is 5. The van der Waals surface area contributed by atoms with Gasteiger partial charge >= 0.3 is 0 Å². The Morgan fingerprint density at radius 2 is 1.57 bits per heavy atom. The fourth-order valence-corrected chi connectivity index (χ4v) is 8.52. The molecule has 246 valence electrons. The SMILES string of the molecule is Cc1nnc(C2CC(OCc3ccccc3)C2)n1C1CC2CCC(C1)N2CC[C@H](NC(=O)C1CCC(F)(F)CC1)c1ccccc1. The van der Waals surface area contributed by atoms with Crippen LogP contribution in [0, 0.1) is 12.8 Å². The predicted molar refractivity (Wildman–Crippen MR) is 172 cm³/mol. The largest absolute Gasteiger partial charge is 0.373 e. The molecule has 3 aromatic rings. The topological polar surface area (TPSA) is 72.3 Å². The van der Waals surface area contributed by atoms with Crippen molar-refractivity contribution < 1.29 is 18.3 Å². The minimum atomic E-state index is -2.63. The molecule has 0 spiro atoms. The zero-order valence-electron chi connectivity index (χ0n) is 26.9. The molecule has 2 bridgehead atoms. The molecule has 7 rings (SSSR count). The van der Waals surface area contributed by atoms with Gasteiger partial charge in [-0.25, -0.2) is 8.78 Å². The van der Waals surface area contributed by atoms with Crippen LogP contribution in [0.4, 0.5) is 8.78 Å². The van der Waals surface area contributed by atoms with Gasteiger partial charge in [-0.15, -0.1) is 10.2 Å². The Bertz CT molecular complexity index is 1440. The first kappa shape index (κ1) is 31.4. The van der Waals surface area contributed by atoms with Crippen LogP contribution in [-0.4, -0.2) is 56.2 Å². The number of hydrogen-bond donors (Lipinski definition) is 1. The van der Waals surface area contributed by atoms with Gasteiger partial charge < -0.3 is 14.6 Å². The highest BCUT2D eigenvalue weighted by Crippen LogP contribution is 2.45. The Labute approximate surface area is 271 Å². The molecule has 2 unspecified atom stereocenters. The summed E-state index contributed by atoms with van der Waals surface area (Å²) in [5, 5.41) is 12.5. The van der Waals surface area contributed by atoms with Gasteiger partial charge in [0.25, 0.3) is 0 Å². The Balaban J connectivity index is 0.957. The standard InChI is InChI=1S/C37H47F2N5O2/c1-25-41-42-35(29-20-33(21-29)46-24-26-8-4-2-5-9-26)44(25)32-22-30-12-13-31(23-32)43(30)19-16-34(27-10-6-3-7-11-27)40-36(45)28-14-17-37(38,39)18-15-28/h2-11,28-34H,12-24H2,1H3,(H,40,45)/t29?,30?,31?,32?,33?,34-/m0/s1. The first-order valence-electron chi connectivity index (χ1n) is 17.4. The van der Waals surface area contributed by atoms with E-state index in [2.05, 4.69) is 68.3 Å². The van der Waals surface area contributed by atoms with Crippen LogP contribution in [0.3, 0.4) is 0 Å². The third kappa shape index (κ3) is 6.91. The van der Waals surface area contributed by atoms with Gasteiger partial charge in [-0.05, 0) is 75.8 Å². The number of piperidine rings is 1. The lowest BCUT2D eigenvalue weighted by molar-refractivity contribution is -0.130. The van der Waals surface area contributed by atoms with Crippen molar-refractivity contribution in [2.75, 3.05) is 6.54 Å². The number of aromatic nitrogens is 3. The molecule has 4 fully saturated rings. The van der Waals surface area contributed by atoms with E-state index in [1.807, 2.05) is 24.3 Å². The van der Waals surface area contributed by atoms with Crippen molar-refractivity contribution in [2.45, 2.75) is 126 Å². The Morgan fingerprint density at radius 1 is 0.913 bits per heavy atom. The number of aryl methyl sites for hydroxylation is 1. The van der Waals surface area contributed by atoms with Crippen LogP contribution < -0.4 is 5.32 Å². The lowest BCUT2D eigenvalue weighted by Gasteiger charge is -2.42. The zero-order valence-corrected chi connectivity index (χ0v) is 26.9. The van der Waals surface area contributed by atoms with Crippen molar-refractivity contribution in [2.24, 2.45) is 5.92 Å². The van der Waals surface area contributed by atoms with Gasteiger partial charge in [0.15, 0.2) is 0 Å². The summed E-state index contributed by atoms with van der Waals surface area (Å²) in [5.74, 6) is -0.519. The normalized spacial score (nSPS) is 28.5. The zero-order chi connectivity index (χ0) is 31.7. The Morgan fingerprint density at radius 3 is 2.24 bits per heavy atom. The molecule has 7 nitrogen and oxygen atoms in total. The third-order valence-electron chi connectivity index (χ3n) is 11.2. The van der Waals surface area contributed by atoms with Crippen molar-refractivity contribution in [3.8, 4) is 0 Å². The number of amides is 1. The molecule has 3 atom stereocenters. The summed E-state index contributed by atoms with van der Waals surface area (Å²) in [5.41, 5.74) is 2.29. The highest BCUT2D eigenvalue weighted by atomic mass is 19.3. The number of fused-ring (bicyclic) bond motifs is 2. The maximum atomic E-state index is 13.7. The van der Waals surface area contributed by atoms with Crippen LogP contribution in [0.1, 0.15) is 111 Å². The van der Waals surface area contributed by atoms with Crippen LogP contribution in [0.15, 0.2) is 60.7 Å². The number of benzene rings is 2. The highest BCUT2D eigenvalue weighted by Gasteiger charge is 2.44. The summed E-state index contributed by atoms with van der Waals surface area (Å²) in [7, 11) is 0. The molecule has 2 aromatic carbocycles. The minimum absolute atomic E-state index is 0.0784. The van der Waals surface area contributed by atoms with Gasteiger partial charge in [0.1, 0.15) is 11.6 Å². The van der Waals surface area contributed by atoms with E-state index < -0.39 is 5.92 Å². The molecule has 2 aliphatic carbocycles. The second kappa shape index (κ2) is 13.5. The van der Waals surface area contributed by atoms with E-state index >= 15 is 0 Å². The van der Waals surface area contributed by atoms with Crippen molar-refractivity contribution in [1.29, 1.82) is 0 Å². The molecule has 1 aromatic heterocycles. The van der Waals surface area contributed by atoms with Crippen LogP contribution in [-0.2, 0) is 16.1 Å². The van der Waals surface area contributed by atoms with E-state index in [4.69, 9.17) is 4.74 Å². The molecule has 2 saturated heterocycles. The van der Waals surface area contributed by atoms with E-state index in [0.717, 1.165) is 55.9 Å². The van der Waals surface area contributed by atoms with E-state index in [1.165, 1.54) is 18.4 Å². The number of halogens is 2. The summed E-state index contributed by atoms with van der Waals surface area (Å²) < 4.78 is 36.1. The maximum absolute atomic E-state index is 13.7. The molecule has 2 saturated carbocycles. The van der Waals surface area contributed by atoms with Crippen LogP contribution in [0.25, 0.3) is 0 Å². The summed E-state index contributed by atoms with van der Waals surface area (Å²) in [6, 6.07) is 21.7. The first-order chi connectivity index (χ1) is 22.3. The van der Waals surface area contributed by atoms with Crippen LogP contribution in [0.5, 0.6) is 0 Å².